The summed E-state index contributed by atoms with van der Waals surface area (Å²) in [6.45, 7) is 0.976. The van der Waals surface area contributed by atoms with Crippen LogP contribution in [-0.4, -0.2) is 43.0 Å². The molecule has 1 aliphatic heterocycles. The van der Waals surface area contributed by atoms with E-state index in [1.165, 1.54) is 7.11 Å². The van der Waals surface area contributed by atoms with E-state index in [4.69, 9.17) is 16.3 Å². The highest BCUT2D eigenvalue weighted by Crippen LogP contribution is 2.20. The van der Waals surface area contributed by atoms with Gasteiger partial charge in [-0.3, -0.25) is 9.59 Å². The largest absolute Gasteiger partial charge is 0.375 e. The Balaban J connectivity index is 1.93. The molecular formula is C14H17ClN2O3. The van der Waals surface area contributed by atoms with Crippen molar-refractivity contribution in [3.05, 3.63) is 34.9 Å². The fourth-order valence-electron chi connectivity index (χ4n) is 2.25. The highest BCUT2D eigenvalue weighted by Gasteiger charge is 2.30. The third-order valence-corrected chi connectivity index (χ3v) is 3.54. The van der Waals surface area contributed by atoms with Crippen LogP contribution in [0.15, 0.2) is 24.3 Å². The minimum Gasteiger partial charge on any atom is -0.375 e. The van der Waals surface area contributed by atoms with Gasteiger partial charge in [0.25, 0.3) is 0 Å². The zero-order valence-electron chi connectivity index (χ0n) is 11.3. The fraction of sp³-hybridized carbons (Fsp3) is 0.429. The number of benzene rings is 1. The molecule has 1 saturated heterocycles. The molecule has 0 radical (unpaired) electrons. The lowest BCUT2D eigenvalue weighted by atomic mass is 10.2. The second kappa shape index (κ2) is 6.72. The zero-order chi connectivity index (χ0) is 14.5. The van der Waals surface area contributed by atoms with Crippen LogP contribution in [0.5, 0.6) is 0 Å². The Labute approximate surface area is 122 Å². The molecular weight excluding hydrogens is 280 g/mol. The van der Waals surface area contributed by atoms with E-state index in [1.54, 1.807) is 11.0 Å². The van der Waals surface area contributed by atoms with Crippen molar-refractivity contribution in [1.29, 1.82) is 0 Å². The molecule has 1 N–H and O–H groups in total. The molecule has 1 atom stereocenters. The molecule has 20 heavy (non-hydrogen) atoms. The average molecular weight is 297 g/mol. The van der Waals surface area contributed by atoms with Gasteiger partial charge in [0.05, 0.1) is 6.04 Å². The number of carbonyl (C=O) groups excluding carboxylic acids is 2. The molecule has 2 amide bonds. The van der Waals surface area contributed by atoms with Crippen LogP contribution in [0.25, 0.3) is 0 Å². The smallest absolute Gasteiger partial charge is 0.246 e. The number of likely N-dealkylation sites (tertiary alicyclic amines) is 1. The molecule has 0 aromatic heterocycles. The van der Waals surface area contributed by atoms with Crippen molar-refractivity contribution in [2.45, 2.75) is 19.0 Å². The summed E-state index contributed by atoms with van der Waals surface area (Å²) in [7, 11) is 1.46. The predicted molar refractivity (Wildman–Crippen MR) is 75.3 cm³/mol. The minimum atomic E-state index is -0.204. The predicted octanol–water partition coefficient (Wildman–Crippen LogP) is 1.20. The molecule has 6 heteroatoms. The lowest BCUT2D eigenvalue weighted by Gasteiger charge is -2.17. The Kier molecular flexibility index (Phi) is 4.98. The van der Waals surface area contributed by atoms with Crippen molar-refractivity contribution in [3.63, 3.8) is 0 Å². The second-order valence-corrected chi connectivity index (χ2v) is 5.17. The molecule has 0 saturated carbocycles. The highest BCUT2D eigenvalue weighted by molar-refractivity contribution is 6.31. The maximum atomic E-state index is 11.9. The molecule has 0 bridgehead atoms. The summed E-state index contributed by atoms with van der Waals surface area (Å²) in [5.74, 6) is -0.183. The van der Waals surface area contributed by atoms with E-state index in [1.807, 2.05) is 18.2 Å². The van der Waals surface area contributed by atoms with Crippen LogP contribution in [-0.2, 0) is 20.9 Å². The van der Waals surface area contributed by atoms with E-state index in [-0.39, 0.29) is 24.5 Å². The molecule has 0 spiro atoms. The topological polar surface area (TPSA) is 58.6 Å². The molecule has 1 fully saturated rings. The van der Waals surface area contributed by atoms with E-state index >= 15 is 0 Å². The molecule has 2 rings (SSSR count). The first-order valence-corrected chi connectivity index (χ1v) is 6.77. The molecule has 108 valence electrons. The Hall–Kier alpha value is -1.59. The Morgan fingerprint density at radius 2 is 2.25 bits per heavy atom. The van der Waals surface area contributed by atoms with Gasteiger partial charge in [0.1, 0.15) is 6.61 Å². The number of methoxy groups -OCH3 is 1. The Morgan fingerprint density at radius 3 is 2.95 bits per heavy atom. The molecule has 0 unspecified atom stereocenters. The third kappa shape index (κ3) is 3.71. The quantitative estimate of drug-likeness (QED) is 0.888. The van der Waals surface area contributed by atoms with Crippen LogP contribution >= 0.6 is 11.6 Å². The van der Waals surface area contributed by atoms with Crippen LogP contribution < -0.4 is 5.32 Å². The Morgan fingerprint density at radius 1 is 1.50 bits per heavy atom. The van der Waals surface area contributed by atoms with Crippen molar-refractivity contribution < 1.29 is 14.3 Å². The molecule has 5 nitrogen and oxygen atoms in total. The number of hydrogen-bond acceptors (Lipinski definition) is 3. The van der Waals surface area contributed by atoms with Crippen LogP contribution in [0, 0.1) is 0 Å². The van der Waals surface area contributed by atoms with E-state index in [0.717, 1.165) is 5.56 Å². The van der Waals surface area contributed by atoms with E-state index in [2.05, 4.69) is 5.32 Å². The Bertz CT molecular complexity index is 507. The number of carbonyl (C=O) groups is 2. The molecule has 1 heterocycles. The number of ether oxygens (including phenoxy) is 1. The summed E-state index contributed by atoms with van der Waals surface area (Å²) < 4.78 is 4.75. The average Bonchev–Trinajstić information content (AvgIpc) is 2.72. The molecule has 0 aliphatic carbocycles. The number of nitrogens with zero attached hydrogens (tertiary/aromatic N) is 1. The van der Waals surface area contributed by atoms with Gasteiger partial charge in [-0.2, -0.15) is 0 Å². The van der Waals surface area contributed by atoms with Gasteiger partial charge in [0.15, 0.2) is 0 Å². The molecule has 1 aromatic carbocycles. The first kappa shape index (κ1) is 14.8. The van der Waals surface area contributed by atoms with Crippen molar-refractivity contribution in [3.8, 4) is 0 Å². The van der Waals surface area contributed by atoms with Crippen LogP contribution in [0.1, 0.15) is 12.0 Å². The van der Waals surface area contributed by atoms with Crippen molar-refractivity contribution >= 4 is 23.4 Å². The maximum absolute atomic E-state index is 11.9. The van der Waals surface area contributed by atoms with E-state index in [0.29, 0.717) is 24.5 Å². The summed E-state index contributed by atoms with van der Waals surface area (Å²) in [6, 6.07) is 7.28. The van der Waals surface area contributed by atoms with Crippen LogP contribution in [0.3, 0.4) is 0 Å². The van der Waals surface area contributed by atoms with Crippen LogP contribution in [0.4, 0.5) is 0 Å². The standard InChI is InChI=1S/C14H17ClN2O3/c1-20-9-13(18)16-11-6-14(19)17(8-11)7-10-4-2-3-5-12(10)15/h2-5,11H,6-9H2,1H3,(H,16,18)/t11-/m1/s1. The normalized spacial score (nSPS) is 18.4. The SMILES string of the molecule is COCC(=O)N[C@@H]1CC(=O)N(Cc2ccccc2Cl)C1. The molecule has 1 aromatic rings. The summed E-state index contributed by atoms with van der Waals surface area (Å²) in [4.78, 5) is 25.1. The third-order valence-electron chi connectivity index (χ3n) is 3.17. The van der Waals surface area contributed by atoms with Gasteiger partial charge in [0, 0.05) is 31.6 Å². The highest BCUT2D eigenvalue weighted by atomic mass is 35.5. The van der Waals surface area contributed by atoms with Gasteiger partial charge in [0.2, 0.25) is 11.8 Å². The van der Waals surface area contributed by atoms with Gasteiger partial charge < -0.3 is 15.0 Å². The minimum absolute atomic E-state index is 0.00913. The zero-order valence-corrected chi connectivity index (χ0v) is 12.0. The first-order chi connectivity index (χ1) is 9.60. The van der Waals surface area contributed by atoms with Gasteiger partial charge in [-0.1, -0.05) is 29.8 Å². The van der Waals surface area contributed by atoms with Crippen molar-refractivity contribution in [2.24, 2.45) is 0 Å². The monoisotopic (exact) mass is 296 g/mol. The van der Waals surface area contributed by atoms with Gasteiger partial charge >= 0.3 is 0 Å². The van der Waals surface area contributed by atoms with Crippen LogP contribution in [0.2, 0.25) is 5.02 Å². The maximum Gasteiger partial charge on any atom is 0.246 e. The molecule has 1 aliphatic rings. The number of rotatable bonds is 5. The van der Waals surface area contributed by atoms with E-state index in [9.17, 15) is 9.59 Å². The summed E-state index contributed by atoms with van der Waals surface area (Å²) in [6.07, 6.45) is 0.319. The number of halogens is 1. The number of nitrogens with one attached hydrogen (secondary N) is 1. The summed E-state index contributed by atoms with van der Waals surface area (Å²) in [5.41, 5.74) is 0.909. The van der Waals surface area contributed by atoms with Gasteiger partial charge in [-0.05, 0) is 11.6 Å². The van der Waals surface area contributed by atoms with Gasteiger partial charge in [-0.25, -0.2) is 0 Å². The number of hydrogen-bond donors (Lipinski definition) is 1. The fourth-order valence-corrected chi connectivity index (χ4v) is 2.45. The summed E-state index contributed by atoms with van der Waals surface area (Å²) in [5, 5.41) is 3.43. The number of amides is 2. The van der Waals surface area contributed by atoms with E-state index < -0.39 is 0 Å². The van der Waals surface area contributed by atoms with Crippen molar-refractivity contribution in [1.82, 2.24) is 10.2 Å². The first-order valence-electron chi connectivity index (χ1n) is 6.39. The summed E-state index contributed by atoms with van der Waals surface area (Å²) >= 11 is 6.09. The van der Waals surface area contributed by atoms with Crippen molar-refractivity contribution in [2.75, 3.05) is 20.3 Å². The van der Waals surface area contributed by atoms with Gasteiger partial charge in [-0.15, -0.1) is 0 Å². The lowest BCUT2D eigenvalue weighted by Crippen LogP contribution is -2.38. The second-order valence-electron chi connectivity index (χ2n) is 4.77. The lowest BCUT2D eigenvalue weighted by molar-refractivity contribution is -0.128.